The lowest BCUT2D eigenvalue weighted by Gasteiger charge is -2.42. The molecular weight excluding hydrogens is 464 g/mol. The van der Waals surface area contributed by atoms with Crippen molar-refractivity contribution in [3.63, 3.8) is 0 Å². The maximum atomic E-state index is 15.6. The maximum Gasteiger partial charge on any atom is 0.350 e. The zero-order chi connectivity index (χ0) is 23.8. The van der Waals surface area contributed by atoms with E-state index in [9.17, 15) is 26.4 Å². The Morgan fingerprint density at radius 3 is 2.67 bits per heavy atom. The number of alkyl halides is 2. The van der Waals surface area contributed by atoms with Gasteiger partial charge in [0.2, 0.25) is 5.91 Å². The summed E-state index contributed by atoms with van der Waals surface area (Å²) in [6, 6.07) is 6.28. The molecule has 0 spiro atoms. The molecular formula is C22H22F4N2O4S. The van der Waals surface area contributed by atoms with Crippen molar-refractivity contribution in [2.45, 2.75) is 43.5 Å². The number of nitrogens with zero attached hydrogens (tertiary/aromatic N) is 1. The van der Waals surface area contributed by atoms with Crippen LogP contribution in [0.25, 0.3) is 11.1 Å². The van der Waals surface area contributed by atoms with E-state index >= 15 is 4.39 Å². The highest BCUT2D eigenvalue weighted by molar-refractivity contribution is 7.89. The summed E-state index contributed by atoms with van der Waals surface area (Å²) in [6.45, 7) is 0.203. The van der Waals surface area contributed by atoms with Crippen LogP contribution in [0, 0.1) is 11.6 Å². The molecule has 33 heavy (non-hydrogen) atoms. The van der Waals surface area contributed by atoms with E-state index in [0.29, 0.717) is 6.42 Å². The summed E-state index contributed by atoms with van der Waals surface area (Å²) in [4.78, 5) is 14.4. The third kappa shape index (κ3) is 4.84. The van der Waals surface area contributed by atoms with Crippen LogP contribution in [0.1, 0.15) is 24.8 Å². The van der Waals surface area contributed by atoms with Crippen molar-refractivity contribution >= 4 is 15.9 Å². The van der Waals surface area contributed by atoms with E-state index in [-0.39, 0.29) is 60.8 Å². The number of rotatable bonds is 3. The molecule has 2 atom stereocenters. The fourth-order valence-corrected chi connectivity index (χ4v) is 5.22. The molecule has 6 nitrogen and oxygen atoms in total. The number of carbonyl (C=O) groups excluding carboxylic acids is 1. The molecule has 2 heterocycles. The second-order valence-electron chi connectivity index (χ2n) is 8.05. The summed E-state index contributed by atoms with van der Waals surface area (Å²) < 4.78 is 86.9. The monoisotopic (exact) mass is 486 g/mol. The number of hydrogen-bond donors (Lipinski definition) is 1. The molecule has 1 fully saturated rings. The van der Waals surface area contributed by atoms with Crippen LogP contribution in [-0.4, -0.2) is 50.2 Å². The first-order chi connectivity index (χ1) is 15.7. The fraction of sp³-hybridized carbons (Fsp3) is 0.409. The van der Waals surface area contributed by atoms with Crippen LogP contribution in [0.5, 0.6) is 5.75 Å². The average molecular weight is 486 g/mol. The van der Waals surface area contributed by atoms with E-state index in [1.165, 1.54) is 29.2 Å². The van der Waals surface area contributed by atoms with Gasteiger partial charge in [0.1, 0.15) is 17.4 Å². The van der Waals surface area contributed by atoms with Crippen molar-refractivity contribution in [3.8, 4) is 16.9 Å². The third-order valence-electron chi connectivity index (χ3n) is 5.96. The van der Waals surface area contributed by atoms with E-state index in [2.05, 4.69) is 0 Å². The van der Waals surface area contributed by atoms with Crippen LogP contribution in [0.15, 0.2) is 36.4 Å². The number of nitrogens with one attached hydrogen (secondary N) is 1. The van der Waals surface area contributed by atoms with Gasteiger partial charge >= 0.3 is 5.76 Å². The second-order valence-corrected chi connectivity index (χ2v) is 9.73. The van der Waals surface area contributed by atoms with Crippen LogP contribution in [0.3, 0.4) is 0 Å². The highest BCUT2D eigenvalue weighted by Gasteiger charge is 2.39. The number of sulfonamides is 1. The molecule has 1 amide bonds. The van der Waals surface area contributed by atoms with Crippen LogP contribution in [0.4, 0.5) is 17.6 Å². The quantitative estimate of drug-likeness (QED) is 0.675. The number of carbonyl (C=O) groups is 1. The summed E-state index contributed by atoms with van der Waals surface area (Å²) >= 11 is 0. The van der Waals surface area contributed by atoms with Gasteiger partial charge in [-0.25, -0.2) is 21.9 Å². The summed E-state index contributed by atoms with van der Waals surface area (Å²) in [5.74, 6) is -5.05. The number of piperidine rings is 1. The van der Waals surface area contributed by atoms with E-state index in [1.54, 1.807) is 6.07 Å². The molecule has 0 radical (unpaired) electrons. The first kappa shape index (κ1) is 23.5. The highest BCUT2D eigenvalue weighted by Crippen LogP contribution is 2.35. The van der Waals surface area contributed by atoms with Gasteiger partial charge in [-0.3, -0.25) is 4.79 Å². The smallest absolute Gasteiger partial charge is 0.350 e. The van der Waals surface area contributed by atoms with Gasteiger partial charge in [0.15, 0.2) is 0 Å². The van der Waals surface area contributed by atoms with Crippen LogP contribution >= 0.6 is 0 Å². The Hall–Kier alpha value is -2.66. The fourth-order valence-electron chi connectivity index (χ4n) is 4.42. The molecule has 2 bridgehead atoms. The lowest BCUT2D eigenvalue weighted by molar-refractivity contribution is -0.136. The zero-order valence-electron chi connectivity index (χ0n) is 17.4. The van der Waals surface area contributed by atoms with Crippen molar-refractivity contribution < 1.29 is 35.5 Å². The van der Waals surface area contributed by atoms with Crippen LogP contribution in [-0.2, 0) is 21.2 Å². The molecule has 1 N–H and O–H groups in total. The van der Waals surface area contributed by atoms with Gasteiger partial charge in [0.05, 0.1) is 19.1 Å². The zero-order valence-corrected chi connectivity index (χ0v) is 18.3. The Labute approximate surface area is 188 Å². The topological polar surface area (TPSA) is 75.7 Å². The molecule has 2 aromatic rings. The summed E-state index contributed by atoms with van der Waals surface area (Å²) in [7, 11) is -4.92. The SMILES string of the molecule is O=C1CCOc2ccc(F)cc2-c2cccc(c2F)C[C@H]2[C@@H](NS(=O)(=O)C(F)F)CCCN12. The molecule has 0 aliphatic carbocycles. The number of hydrogen-bond acceptors (Lipinski definition) is 4. The molecule has 2 aliphatic heterocycles. The first-order valence-corrected chi connectivity index (χ1v) is 12.0. The van der Waals surface area contributed by atoms with Crippen molar-refractivity contribution in [1.29, 1.82) is 0 Å². The second kappa shape index (κ2) is 9.30. The minimum Gasteiger partial charge on any atom is -0.492 e. The summed E-state index contributed by atoms with van der Waals surface area (Å²) in [6.07, 6.45) is 0.432. The highest BCUT2D eigenvalue weighted by atomic mass is 32.2. The van der Waals surface area contributed by atoms with Crippen molar-refractivity contribution in [2.75, 3.05) is 13.2 Å². The van der Waals surface area contributed by atoms with E-state index in [4.69, 9.17) is 4.74 Å². The van der Waals surface area contributed by atoms with Crippen molar-refractivity contribution in [1.82, 2.24) is 9.62 Å². The predicted octanol–water partition coefficient (Wildman–Crippen LogP) is 3.46. The third-order valence-corrected chi connectivity index (χ3v) is 7.06. The van der Waals surface area contributed by atoms with Gasteiger partial charge in [-0.15, -0.1) is 0 Å². The maximum absolute atomic E-state index is 15.6. The van der Waals surface area contributed by atoms with Crippen LogP contribution in [0.2, 0.25) is 0 Å². The Balaban J connectivity index is 1.79. The normalized spacial score (nSPS) is 21.5. The standard InChI is InChI=1S/C22H22F4N2O4S/c23-14-6-7-19-16(12-14)15-4-1-3-13(21(15)24)11-18-17(27-33(30,31)22(25)26)5-2-9-28(18)20(29)8-10-32-19/h1,3-4,6-7,12,17-18,22,27H,2,5,8-11H2/t17-,18-/m0/s1. The largest absolute Gasteiger partial charge is 0.492 e. The first-order valence-electron chi connectivity index (χ1n) is 10.5. The number of benzene rings is 2. The van der Waals surface area contributed by atoms with E-state index < -0.39 is 39.5 Å². The van der Waals surface area contributed by atoms with Gasteiger partial charge < -0.3 is 9.64 Å². The summed E-state index contributed by atoms with van der Waals surface area (Å²) in [5, 5.41) is 0. The summed E-state index contributed by atoms with van der Waals surface area (Å²) in [5.41, 5.74) is 0.410. The Bertz CT molecular complexity index is 1160. The molecule has 2 aromatic carbocycles. The number of ether oxygens (including phenoxy) is 1. The lowest BCUT2D eigenvalue weighted by atomic mass is 9.89. The molecule has 1 saturated heterocycles. The number of fused-ring (bicyclic) bond motifs is 5. The van der Waals surface area contributed by atoms with Crippen molar-refractivity contribution in [3.05, 3.63) is 53.6 Å². The van der Waals surface area contributed by atoms with Crippen molar-refractivity contribution in [2.24, 2.45) is 0 Å². The van der Waals surface area contributed by atoms with Gasteiger partial charge in [-0.1, -0.05) is 18.2 Å². The average Bonchev–Trinajstić information content (AvgIpc) is 2.76. The molecule has 0 unspecified atom stereocenters. The van der Waals surface area contributed by atoms with E-state index in [0.717, 1.165) is 6.07 Å². The molecule has 4 rings (SSSR count). The van der Waals surface area contributed by atoms with Gasteiger partial charge in [0.25, 0.3) is 10.0 Å². The molecule has 11 heteroatoms. The minimum absolute atomic E-state index is 0.0714. The Morgan fingerprint density at radius 1 is 1.12 bits per heavy atom. The molecule has 2 aliphatic rings. The lowest BCUT2D eigenvalue weighted by Crippen LogP contribution is -2.58. The van der Waals surface area contributed by atoms with E-state index in [1.807, 2.05) is 4.72 Å². The van der Waals surface area contributed by atoms with Gasteiger partial charge in [-0.2, -0.15) is 8.78 Å². The van der Waals surface area contributed by atoms with Crippen LogP contribution < -0.4 is 9.46 Å². The number of amides is 1. The predicted molar refractivity (Wildman–Crippen MR) is 112 cm³/mol. The number of halogens is 4. The minimum atomic E-state index is -4.92. The molecule has 0 saturated carbocycles. The van der Waals surface area contributed by atoms with Gasteiger partial charge in [-0.05, 0) is 43.0 Å². The molecule has 0 aromatic heterocycles. The Kier molecular flexibility index (Phi) is 6.62. The van der Waals surface area contributed by atoms with Gasteiger partial charge in [0, 0.05) is 23.7 Å². The Morgan fingerprint density at radius 2 is 1.91 bits per heavy atom. The molecule has 178 valence electrons.